The third-order valence-corrected chi connectivity index (χ3v) is 8.06. The average Bonchev–Trinajstić information content (AvgIpc) is 2.94. The van der Waals surface area contributed by atoms with Crippen LogP contribution in [-0.2, 0) is 0 Å². The average molecular weight is 456 g/mol. The molecule has 0 saturated heterocycles. The highest BCUT2D eigenvalue weighted by atomic mass is 19.4. The number of hydrogen-bond acceptors (Lipinski definition) is 2. The monoisotopic (exact) mass is 456 g/mol. The lowest BCUT2D eigenvalue weighted by Gasteiger charge is -2.45. The lowest BCUT2D eigenvalue weighted by molar-refractivity contribution is -0.388. The Labute approximate surface area is 167 Å². The zero-order valence-electron chi connectivity index (χ0n) is 16.2. The predicted molar refractivity (Wildman–Crippen MR) is 87.0 cm³/mol. The summed E-state index contributed by atoms with van der Waals surface area (Å²) < 4.78 is 119. The van der Waals surface area contributed by atoms with Crippen molar-refractivity contribution in [2.75, 3.05) is 0 Å². The first-order chi connectivity index (χ1) is 13.4. The number of hydrogen-bond donors (Lipinski definition) is 2. The molecule has 0 aromatic heterocycles. The van der Waals surface area contributed by atoms with E-state index in [0.717, 1.165) is 0 Å². The zero-order chi connectivity index (χ0) is 22.9. The minimum absolute atomic E-state index is 0.0393. The Morgan fingerprint density at radius 1 is 0.567 bits per heavy atom. The third kappa shape index (κ3) is 3.61. The maximum Gasteiger partial charge on any atom is 0.426 e. The van der Waals surface area contributed by atoms with Gasteiger partial charge in [-0.25, -0.2) is 0 Å². The number of halogens is 9. The molecular formula is C19H25F9O2. The SMILES string of the molecule is CC(O)(C1CCC2C(CC3CC(C(O)(C(F)(F)F)C(F)(F)F)CCC32)C1)C(F)(F)F. The second-order valence-electron chi connectivity index (χ2n) is 9.51. The van der Waals surface area contributed by atoms with Crippen molar-refractivity contribution < 1.29 is 49.7 Å². The second kappa shape index (κ2) is 7.15. The van der Waals surface area contributed by atoms with Gasteiger partial charge in [-0.1, -0.05) is 0 Å². The number of fused-ring (bicyclic) bond motifs is 3. The Kier molecular flexibility index (Phi) is 5.70. The van der Waals surface area contributed by atoms with Crippen LogP contribution in [0.5, 0.6) is 0 Å². The fourth-order valence-electron chi connectivity index (χ4n) is 6.38. The van der Waals surface area contributed by atoms with E-state index in [9.17, 15) is 49.7 Å². The van der Waals surface area contributed by atoms with Crippen LogP contribution in [0.15, 0.2) is 0 Å². The molecule has 0 bridgehead atoms. The van der Waals surface area contributed by atoms with Gasteiger partial charge >= 0.3 is 18.5 Å². The molecule has 3 fully saturated rings. The topological polar surface area (TPSA) is 40.5 Å². The molecule has 3 saturated carbocycles. The van der Waals surface area contributed by atoms with Crippen molar-refractivity contribution in [2.45, 2.75) is 81.6 Å². The van der Waals surface area contributed by atoms with Crippen LogP contribution in [-0.4, -0.2) is 39.9 Å². The van der Waals surface area contributed by atoms with E-state index >= 15 is 0 Å². The standard InChI is InChI=1S/C19H25F9O2/c1-15(29,17(20,21)22)11-2-4-13-9(7-11)6-10-8-12(3-5-14(10)13)16(30,18(23,24)25)19(26,27)28/h9-14,29-30H,2-8H2,1H3. The van der Waals surface area contributed by atoms with Gasteiger partial charge in [0.2, 0.25) is 0 Å². The van der Waals surface area contributed by atoms with Crippen LogP contribution < -0.4 is 0 Å². The molecular weight excluding hydrogens is 431 g/mol. The van der Waals surface area contributed by atoms with Crippen LogP contribution in [0.2, 0.25) is 0 Å². The van der Waals surface area contributed by atoms with E-state index in [-0.39, 0.29) is 43.4 Å². The summed E-state index contributed by atoms with van der Waals surface area (Å²) >= 11 is 0. The van der Waals surface area contributed by atoms with Crippen molar-refractivity contribution in [3.8, 4) is 0 Å². The Hall–Kier alpha value is -0.710. The first-order valence-corrected chi connectivity index (χ1v) is 10.1. The van der Waals surface area contributed by atoms with Gasteiger partial charge in [0.15, 0.2) is 5.60 Å². The summed E-state index contributed by atoms with van der Waals surface area (Å²) in [4.78, 5) is 0. The Morgan fingerprint density at radius 2 is 0.967 bits per heavy atom. The summed E-state index contributed by atoms with van der Waals surface area (Å²) in [6, 6.07) is 0. The van der Waals surface area contributed by atoms with Gasteiger partial charge in [0.05, 0.1) is 0 Å². The molecule has 0 aliphatic heterocycles. The summed E-state index contributed by atoms with van der Waals surface area (Å²) in [5.41, 5.74) is -7.68. The van der Waals surface area contributed by atoms with E-state index in [0.29, 0.717) is 13.3 Å². The van der Waals surface area contributed by atoms with Gasteiger partial charge in [0, 0.05) is 5.92 Å². The van der Waals surface area contributed by atoms with Crippen LogP contribution in [0.25, 0.3) is 0 Å². The summed E-state index contributed by atoms with van der Waals surface area (Å²) in [6.45, 7) is 0.711. The van der Waals surface area contributed by atoms with E-state index in [2.05, 4.69) is 0 Å². The molecule has 2 nitrogen and oxygen atoms in total. The Morgan fingerprint density at radius 3 is 1.37 bits per heavy atom. The lowest BCUT2D eigenvalue weighted by atomic mass is 9.64. The van der Waals surface area contributed by atoms with Crippen LogP contribution >= 0.6 is 0 Å². The van der Waals surface area contributed by atoms with Crippen molar-refractivity contribution in [1.29, 1.82) is 0 Å². The van der Waals surface area contributed by atoms with Crippen molar-refractivity contribution in [1.82, 2.24) is 0 Å². The molecule has 0 heterocycles. The molecule has 0 amide bonds. The highest BCUT2D eigenvalue weighted by Gasteiger charge is 2.74. The van der Waals surface area contributed by atoms with Crippen LogP contribution in [0, 0.1) is 35.5 Å². The second-order valence-corrected chi connectivity index (χ2v) is 9.51. The fraction of sp³-hybridized carbons (Fsp3) is 1.00. The van der Waals surface area contributed by atoms with Crippen LogP contribution in [0.4, 0.5) is 39.5 Å². The van der Waals surface area contributed by atoms with Crippen molar-refractivity contribution >= 4 is 0 Å². The molecule has 3 aliphatic carbocycles. The molecule has 0 radical (unpaired) electrons. The van der Waals surface area contributed by atoms with Gasteiger partial charge in [-0.2, -0.15) is 39.5 Å². The number of aliphatic hydroxyl groups is 2. The highest BCUT2D eigenvalue weighted by Crippen LogP contribution is 2.61. The molecule has 30 heavy (non-hydrogen) atoms. The number of rotatable bonds is 2. The van der Waals surface area contributed by atoms with E-state index < -0.39 is 60.3 Å². The quantitative estimate of drug-likeness (QED) is 0.530. The van der Waals surface area contributed by atoms with Crippen LogP contribution in [0.1, 0.15) is 51.9 Å². The first-order valence-electron chi connectivity index (χ1n) is 10.1. The molecule has 3 aliphatic rings. The molecule has 3 rings (SSSR count). The fourth-order valence-corrected chi connectivity index (χ4v) is 6.38. The highest BCUT2D eigenvalue weighted by molar-refractivity contribution is 5.06. The zero-order valence-corrected chi connectivity index (χ0v) is 16.2. The Bertz CT molecular complexity index is 623. The predicted octanol–water partition coefficient (Wildman–Crippen LogP) is 5.62. The molecule has 0 aromatic rings. The maximum absolute atomic E-state index is 13.2. The summed E-state index contributed by atoms with van der Waals surface area (Å²) in [7, 11) is 0. The van der Waals surface area contributed by atoms with Gasteiger partial charge in [-0.15, -0.1) is 0 Å². The first kappa shape index (κ1) is 23.9. The van der Waals surface area contributed by atoms with Gasteiger partial charge < -0.3 is 10.2 Å². The van der Waals surface area contributed by atoms with E-state index in [1.807, 2.05) is 0 Å². The van der Waals surface area contributed by atoms with Crippen molar-refractivity contribution in [3.05, 3.63) is 0 Å². The molecule has 7 atom stereocenters. The largest absolute Gasteiger partial charge is 0.426 e. The minimum atomic E-state index is -5.87. The van der Waals surface area contributed by atoms with E-state index in [1.54, 1.807) is 0 Å². The van der Waals surface area contributed by atoms with E-state index in [1.165, 1.54) is 0 Å². The van der Waals surface area contributed by atoms with Gasteiger partial charge in [0.1, 0.15) is 0 Å². The van der Waals surface area contributed by atoms with Gasteiger partial charge in [-0.3, -0.25) is 0 Å². The molecule has 0 spiro atoms. The van der Waals surface area contributed by atoms with Crippen LogP contribution in [0.3, 0.4) is 0 Å². The van der Waals surface area contributed by atoms with E-state index in [4.69, 9.17) is 0 Å². The molecule has 7 unspecified atom stereocenters. The van der Waals surface area contributed by atoms with Crippen molar-refractivity contribution in [3.63, 3.8) is 0 Å². The molecule has 0 aromatic carbocycles. The summed E-state index contributed by atoms with van der Waals surface area (Å²) in [5, 5.41) is 19.7. The maximum atomic E-state index is 13.2. The lowest BCUT2D eigenvalue weighted by Crippen LogP contribution is -2.62. The van der Waals surface area contributed by atoms with Gasteiger partial charge in [0.25, 0.3) is 5.60 Å². The minimum Gasteiger partial charge on any atom is -0.380 e. The summed E-state index contributed by atoms with van der Waals surface area (Å²) in [5.74, 6) is -4.11. The normalized spacial score (nSPS) is 38.0. The Balaban J connectivity index is 1.76. The smallest absolute Gasteiger partial charge is 0.380 e. The van der Waals surface area contributed by atoms with Gasteiger partial charge in [-0.05, 0) is 81.5 Å². The summed E-state index contributed by atoms with van der Waals surface area (Å²) in [6.07, 6.45) is -16.7. The van der Waals surface area contributed by atoms with Crippen molar-refractivity contribution in [2.24, 2.45) is 35.5 Å². The molecule has 2 N–H and O–H groups in total. The molecule has 176 valence electrons. The number of alkyl halides is 9. The molecule has 11 heteroatoms. The third-order valence-electron chi connectivity index (χ3n) is 8.06.